The smallest absolute Gasteiger partial charge is 0.342 e. The van der Waals surface area contributed by atoms with E-state index in [0.29, 0.717) is 0 Å². The van der Waals surface area contributed by atoms with Crippen molar-refractivity contribution in [2.24, 2.45) is 0 Å². The Morgan fingerprint density at radius 2 is 2.00 bits per heavy atom. The molecule has 17 heavy (non-hydrogen) atoms. The lowest BCUT2D eigenvalue weighted by molar-refractivity contribution is 0.0694. The molecule has 2 aromatic rings. The van der Waals surface area contributed by atoms with Gasteiger partial charge in [-0.3, -0.25) is 9.20 Å². The highest BCUT2D eigenvalue weighted by atomic mass is 16.4. The van der Waals surface area contributed by atoms with Crippen LogP contribution in [0.1, 0.15) is 35.7 Å². The Kier molecular flexibility index (Phi) is 2.63. The van der Waals surface area contributed by atoms with Crippen LogP contribution >= 0.6 is 0 Å². The minimum atomic E-state index is -1.29. The van der Waals surface area contributed by atoms with E-state index in [1.54, 1.807) is 12.4 Å². The quantitative estimate of drug-likeness (QED) is 0.833. The van der Waals surface area contributed by atoms with Crippen molar-refractivity contribution in [1.29, 1.82) is 0 Å². The molecule has 2 heterocycles. The number of carboxylic acids is 1. The molecule has 0 fully saturated rings. The topological polar surface area (TPSA) is 84.6 Å². The van der Waals surface area contributed by atoms with Crippen LogP contribution in [-0.2, 0) is 0 Å². The van der Waals surface area contributed by atoms with Gasteiger partial charge in [0.1, 0.15) is 5.56 Å². The van der Waals surface area contributed by atoms with Crippen LogP contribution in [0.25, 0.3) is 5.78 Å². The van der Waals surface area contributed by atoms with Gasteiger partial charge in [-0.15, -0.1) is 0 Å². The summed E-state index contributed by atoms with van der Waals surface area (Å²) in [6.45, 7) is 3.92. The van der Waals surface area contributed by atoms with Crippen molar-refractivity contribution < 1.29 is 9.90 Å². The maximum Gasteiger partial charge on any atom is 0.342 e. The van der Waals surface area contributed by atoms with E-state index in [2.05, 4.69) is 9.97 Å². The highest BCUT2D eigenvalue weighted by molar-refractivity contribution is 5.86. The minimum absolute atomic E-state index is 0.199. The highest BCUT2D eigenvalue weighted by Crippen LogP contribution is 2.11. The van der Waals surface area contributed by atoms with Crippen LogP contribution < -0.4 is 5.56 Å². The van der Waals surface area contributed by atoms with Crippen LogP contribution in [0.5, 0.6) is 0 Å². The number of rotatable bonds is 2. The number of hydrogen-bond acceptors (Lipinski definition) is 4. The van der Waals surface area contributed by atoms with E-state index >= 15 is 0 Å². The van der Waals surface area contributed by atoms with Gasteiger partial charge in [-0.25, -0.2) is 14.8 Å². The van der Waals surface area contributed by atoms with Crippen LogP contribution in [0.3, 0.4) is 0 Å². The second-order valence-corrected chi connectivity index (χ2v) is 3.99. The number of aromatic carboxylic acids is 1. The Bertz CT molecular complexity index is 646. The second kappa shape index (κ2) is 3.97. The van der Waals surface area contributed by atoms with Crippen LogP contribution in [-0.4, -0.2) is 25.4 Å². The molecule has 2 rings (SSSR count). The summed E-state index contributed by atoms with van der Waals surface area (Å²) in [5.74, 6) is -0.886. The molecule has 1 N–H and O–H groups in total. The number of fused-ring (bicyclic) bond motifs is 1. The van der Waals surface area contributed by atoms with E-state index in [0.717, 1.165) is 11.8 Å². The molecule has 88 valence electrons. The fourth-order valence-corrected chi connectivity index (χ4v) is 1.43. The number of nitrogens with zero attached hydrogens (tertiary/aromatic N) is 3. The van der Waals surface area contributed by atoms with E-state index in [9.17, 15) is 9.59 Å². The molecule has 0 saturated heterocycles. The first-order valence-corrected chi connectivity index (χ1v) is 5.11. The molecule has 0 aliphatic heterocycles. The Morgan fingerprint density at radius 1 is 1.35 bits per heavy atom. The van der Waals surface area contributed by atoms with Crippen LogP contribution in [0.2, 0.25) is 0 Å². The molecule has 0 aliphatic rings. The fourth-order valence-electron chi connectivity index (χ4n) is 1.43. The Morgan fingerprint density at radius 3 is 2.59 bits per heavy atom. The van der Waals surface area contributed by atoms with E-state index in [1.807, 2.05) is 13.8 Å². The Labute approximate surface area is 96.6 Å². The summed E-state index contributed by atoms with van der Waals surface area (Å²) < 4.78 is 1.17. The SMILES string of the molecule is CC(C)c1cnc2ncc(C(=O)O)c(=O)n2c1. The monoisotopic (exact) mass is 233 g/mol. The van der Waals surface area contributed by atoms with Crippen molar-refractivity contribution in [2.75, 3.05) is 0 Å². The van der Waals surface area contributed by atoms with Crippen LogP contribution in [0.15, 0.2) is 23.4 Å². The third-order valence-corrected chi connectivity index (χ3v) is 2.48. The van der Waals surface area contributed by atoms with Crippen molar-refractivity contribution in [3.8, 4) is 0 Å². The van der Waals surface area contributed by atoms with Crippen molar-refractivity contribution in [2.45, 2.75) is 19.8 Å². The minimum Gasteiger partial charge on any atom is -0.477 e. The normalized spacial score (nSPS) is 11.0. The summed E-state index contributed by atoms with van der Waals surface area (Å²) in [5.41, 5.74) is -0.119. The van der Waals surface area contributed by atoms with Gasteiger partial charge in [0.25, 0.3) is 5.56 Å². The predicted molar refractivity (Wildman–Crippen MR) is 60.3 cm³/mol. The van der Waals surface area contributed by atoms with Gasteiger partial charge in [-0.05, 0) is 11.5 Å². The Hall–Kier alpha value is -2.24. The molecule has 0 radical (unpaired) electrons. The molecular formula is C11H11N3O3. The van der Waals surface area contributed by atoms with Crippen molar-refractivity contribution in [3.63, 3.8) is 0 Å². The van der Waals surface area contributed by atoms with E-state index in [1.165, 1.54) is 4.40 Å². The largest absolute Gasteiger partial charge is 0.477 e. The number of carboxylic acid groups (broad SMARTS) is 1. The zero-order valence-corrected chi connectivity index (χ0v) is 9.41. The van der Waals surface area contributed by atoms with E-state index < -0.39 is 11.5 Å². The Balaban J connectivity index is 2.78. The van der Waals surface area contributed by atoms with E-state index in [4.69, 9.17) is 5.11 Å². The van der Waals surface area contributed by atoms with Gasteiger partial charge in [0, 0.05) is 12.4 Å². The van der Waals surface area contributed by atoms with Gasteiger partial charge in [0.15, 0.2) is 0 Å². The van der Waals surface area contributed by atoms with Gasteiger partial charge in [-0.2, -0.15) is 0 Å². The molecular weight excluding hydrogens is 222 g/mol. The first-order chi connectivity index (χ1) is 8.00. The average molecular weight is 233 g/mol. The number of hydrogen-bond donors (Lipinski definition) is 1. The first kappa shape index (κ1) is 11.3. The summed E-state index contributed by atoms with van der Waals surface area (Å²) in [6.07, 6.45) is 4.24. The summed E-state index contributed by atoms with van der Waals surface area (Å²) >= 11 is 0. The fraction of sp³-hybridized carbons (Fsp3) is 0.273. The number of aromatic nitrogens is 3. The molecule has 0 bridgehead atoms. The maximum absolute atomic E-state index is 11.8. The lowest BCUT2D eigenvalue weighted by Crippen LogP contribution is -2.23. The molecule has 6 heteroatoms. The van der Waals surface area contributed by atoms with Crippen molar-refractivity contribution in [3.05, 3.63) is 40.1 Å². The van der Waals surface area contributed by atoms with Crippen molar-refractivity contribution in [1.82, 2.24) is 14.4 Å². The summed E-state index contributed by atoms with van der Waals surface area (Å²) in [6, 6.07) is 0. The molecule has 0 aromatic carbocycles. The first-order valence-electron chi connectivity index (χ1n) is 5.11. The van der Waals surface area contributed by atoms with Crippen LogP contribution in [0.4, 0.5) is 0 Å². The second-order valence-electron chi connectivity index (χ2n) is 3.99. The molecule has 0 unspecified atom stereocenters. The van der Waals surface area contributed by atoms with Gasteiger partial charge >= 0.3 is 5.97 Å². The van der Waals surface area contributed by atoms with Crippen molar-refractivity contribution >= 4 is 11.7 Å². The summed E-state index contributed by atoms with van der Waals surface area (Å²) in [7, 11) is 0. The summed E-state index contributed by atoms with van der Waals surface area (Å²) in [5, 5.41) is 8.83. The summed E-state index contributed by atoms with van der Waals surface area (Å²) in [4.78, 5) is 30.5. The zero-order chi connectivity index (χ0) is 12.6. The number of carbonyl (C=O) groups is 1. The van der Waals surface area contributed by atoms with E-state index in [-0.39, 0.29) is 17.3 Å². The van der Waals surface area contributed by atoms with Gasteiger partial charge < -0.3 is 5.11 Å². The lowest BCUT2D eigenvalue weighted by Gasteiger charge is -2.06. The molecule has 0 spiro atoms. The molecule has 0 atom stereocenters. The third-order valence-electron chi connectivity index (χ3n) is 2.48. The zero-order valence-electron chi connectivity index (χ0n) is 9.41. The standard InChI is InChI=1S/C11H11N3O3/c1-6(2)7-3-12-11-13-4-8(10(16)17)9(15)14(11)5-7/h3-6H,1-2H3,(H,16,17). The van der Waals surface area contributed by atoms with Crippen LogP contribution in [0, 0.1) is 0 Å². The van der Waals surface area contributed by atoms with Gasteiger partial charge in [0.2, 0.25) is 5.78 Å². The molecule has 0 aliphatic carbocycles. The third kappa shape index (κ3) is 1.89. The average Bonchev–Trinajstić information content (AvgIpc) is 2.28. The lowest BCUT2D eigenvalue weighted by atomic mass is 10.1. The predicted octanol–water partition coefficient (Wildman–Crippen LogP) is 0.911. The molecule has 2 aromatic heterocycles. The highest BCUT2D eigenvalue weighted by Gasteiger charge is 2.12. The molecule has 6 nitrogen and oxygen atoms in total. The van der Waals surface area contributed by atoms with Gasteiger partial charge in [-0.1, -0.05) is 13.8 Å². The maximum atomic E-state index is 11.8. The molecule has 0 saturated carbocycles. The molecule has 0 amide bonds. The van der Waals surface area contributed by atoms with Gasteiger partial charge in [0.05, 0.1) is 6.20 Å².